The lowest BCUT2D eigenvalue weighted by molar-refractivity contribution is 0.269. The van der Waals surface area contributed by atoms with Crippen LogP contribution in [0.4, 0.5) is 0 Å². The van der Waals surface area contributed by atoms with Crippen LogP contribution in [-0.4, -0.2) is 11.7 Å². The van der Waals surface area contributed by atoms with Gasteiger partial charge >= 0.3 is 0 Å². The summed E-state index contributed by atoms with van der Waals surface area (Å²) in [5, 5.41) is 18.9. The zero-order chi connectivity index (χ0) is 11.1. The molecule has 0 bridgehead atoms. The summed E-state index contributed by atoms with van der Waals surface area (Å²) in [5.41, 5.74) is 1.45. The largest absolute Gasteiger partial charge is 0.396 e. The van der Waals surface area contributed by atoms with Crippen LogP contribution >= 0.6 is 11.6 Å². The first kappa shape index (κ1) is 10.5. The van der Waals surface area contributed by atoms with Gasteiger partial charge in [-0.3, -0.25) is 0 Å². The minimum Gasteiger partial charge on any atom is -0.396 e. The molecule has 2 nitrogen and oxygen atoms in total. The van der Waals surface area contributed by atoms with Crippen LogP contribution in [0.15, 0.2) is 18.2 Å². The average Bonchev–Trinajstić information content (AvgIpc) is 2.97. The van der Waals surface area contributed by atoms with E-state index in [9.17, 15) is 0 Å². The van der Waals surface area contributed by atoms with Crippen molar-refractivity contribution in [2.45, 2.75) is 18.8 Å². The van der Waals surface area contributed by atoms with Gasteiger partial charge < -0.3 is 5.11 Å². The zero-order valence-electron chi connectivity index (χ0n) is 8.50. The maximum absolute atomic E-state index is 9.17. The molecule has 1 saturated carbocycles. The molecule has 1 aromatic carbocycles. The topological polar surface area (TPSA) is 44.0 Å². The number of hydrogen-bond donors (Lipinski definition) is 1. The predicted octanol–water partition coefficient (Wildman–Crippen LogP) is 2.42. The van der Waals surface area contributed by atoms with Crippen LogP contribution in [0.5, 0.6) is 0 Å². The van der Waals surface area contributed by atoms with Gasteiger partial charge in [0.2, 0.25) is 0 Å². The van der Waals surface area contributed by atoms with Gasteiger partial charge in [-0.1, -0.05) is 23.7 Å². The lowest BCUT2D eigenvalue weighted by Crippen LogP contribution is -2.09. The highest BCUT2D eigenvalue weighted by Crippen LogP contribution is 2.53. The van der Waals surface area contributed by atoms with E-state index in [-0.39, 0.29) is 12.5 Å². The Kier molecular flexibility index (Phi) is 2.46. The summed E-state index contributed by atoms with van der Waals surface area (Å²) in [7, 11) is 0. The second kappa shape index (κ2) is 3.52. The van der Waals surface area contributed by atoms with E-state index in [0.717, 1.165) is 17.5 Å². The van der Waals surface area contributed by atoms with Crippen molar-refractivity contribution in [1.82, 2.24) is 0 Å². The normalized spacial score (nSPS) is 28.5. The van der Waals surface area contributed by atoms with Gasteiger partial charge in [0.05, 0.1) is 11.5 Å². The number of halogens is 1. The van der Waals surface area contributed by atoms with Crippen LogP contribution in [0.1, 0.15) is 17.5 Å². The van der Waals surface area contributed by atoms with E-state index in [1.54, 1.807) is 0 Å². The third kappa shape index (κ3) is 1.52. The highest BCUT2D eigenvalue weighted by Gasteiger charge is 2.55. The van der Waals surface area contributed by atoms with Gasteiger partial charge in [-0.2, -0.15) is 5.26 Å². The van der Waals surface area contributed by atoms with Crippen molar-refractivity contribution in [3.8, 4) is 6.07 Å². The predicted molar refractivity (Wildman–Crippen MR) is 58.7 cm³/mol. The minimum absolute atomic E-state index is 0.0685. The Morgan fingerprint density at radius 3 is 2.87 bits per heavy atom. The van der Waals surface area contributed by atoms with Gasteiger partial charge in [-0.25, -0.2) is 0 Å². The Labute approximate surface area is 94.1 Å². The summed E-state index contributed by atoms with van der Waals surface area (Å²) in [6.45, 7) is 2.00. The monoisotopic (exact) mass is 221 g/mol. The summed E-state index contributed by atoms with van der Waals surface area (Å²) in [6.07, 6.45) is 0.736. The van der Waals surface area contributed by atoms with Gasteiger partial charge in [-0.05, 0) is 30.5 Å². The molecule has 78 valence electrons. The van der Waals surface area contributed by atoms with E-state index >= 15 is 0 Å². The molecular weight excluding hydrogens is 210 g/mol. The second-order valence-electron chi connectivity index (χ2n) is 4.13. The maximum atomic E-state index is 9.17. The SMILES string of the molecule is Cc1ccc(C2(C#N)CC2CO)cc1Cl. The highest BCUT2D eigenvalue weighted by atomic mass is 35.5. The molecule has 2 atom stereocenters. The van der Waals surface area contributed by atoms with Gasteiger partial charge in [0.25, 0.3) is 0 Å². The zero-order valence-corrected chi connectivity index (χ0v) is 9.25. The van der Waals surface area contributed by atoms with Crippen molar-refractivity contribution < 1.29 is 5.11 Å². The quantitative estimate of drug-likeness (QED) is 0.834. The van der Waals surface area contributed by atoms with Crippen LogP contribution in [0.25, 0.3) is 0 Å². The molecule has 2 rings (SSSR count). The van der Waals surface area contributed by atoms with Crippen molar-refractivity contribution in [1.29, 1.82) is 5.26 Å². The average molecular weight is 222 g/mol. The molecule has 0 saturated heterocycles. The van der Waals surface area contributed by atoms with Crippen molar-refractivity contribution in [3.05, 3.63) is 34.3 Å². The smallest absolute Gasteiger partial charge is 0.0877 e. The number of benzene rings is 1. The van der Waals surface area contributed by atoms with Crippen molar-refractivity contribution >= 4 is 11.6 Å². The fraction of sp³-hybridized carbons (Fsp3) is 0.417. The van der Waals surface area contributed by atoms with E-state index in [2.05, 4.69) is 6.07 Å². The van der Waals surface area contributed by atoms with Crippen molar-refractivity contribution in [2.24, 2.45) is 5.92 Å². The highest BCUT2D eigenvalue weighted by molar-refractivity contribution is 6.31. The lowest BCUT2D eigenvalue weighted by Gasteiger charge is -2.09. The number of aliphatic hydroxyl groups excluding tert-OH is 1. The van der Waals surface area contributed by atoms with E-state index in [0.29, 0.717) is 5.02 Å². The van der Waals surface area contributed by atoms with Crippen molar-refractivity contribution in [2.75, 3.05) is 6.61 Å². The molecule has 0 aliphatic heterocycles. The summed E-state index contributed by atoms with van der Waals surface area (Å²) in [6, 6.07) is 7.99. The first-order chi connectivity index (χ1) is 7.14. The van der Waals surface area contributed by atoms with Crippen LogP contribution in [0, 0.1) is 24.2 Å². The Bertz CT molecular complexity index is 438. The Morgan fingerprint density at radius 1 is 1.67 bits per heavy atom. The number of nitrogens with zero attached hydrogens (tertiary/aromatic N) is 1. The molecule has 1 aliphatic rings. The molecule has 0 heterocycles. The molecule has 0 amide bonds. The molecule has 0 spiro atoms. The molecule has 15 heavy (non-hydrogen) atoms. The minimum atomic E-state index is -0.494. The third-order valence-corrected chi connectivity index (χ3v) is 3.62. The van der Waals surface area contributed by atoms with Gasteiger partial charge in [0, 0.05) is 17.5 Å². The summed E-state index contributed by atoms with van der Waals surface area (Å²) < 4.78 is 0. The second-order valence-corrected chi connectivity index (χ2v) is 4.54. The lowest BCUT2D eigenvalue weighted by atomic mass is 9.94. The fourth-order valence-electron chi connectivity index (χ4n) is 1.98. The van der Waals surface area contributed by atoms with Crippen molar-refractivity contribution in [3.63, 3.8) is 0 Å². The molecule has 0 aromatic heterocycles. The van der Waals surface area contributed by atoms with E-state index < -0.39 is 5.41 Å². The molecule has 2 unspecified atom stereocenters. The van der Waals surface area contributed by atoms with E-state index in [1.165, 1.54) is 0 Å². The van der Waals surface area contributed by atoms with Crippen LogP contribution < -0.4 is 0 Å². The number of aryl methyl sites for hydroxylation is 1. The number of rotatable bonds is 2. The molecule has 0 radical (unpaired) electrons. The molecule has 1 N–H and O–H groups in total. The molecule has 3 heteroatoms. The molecule has 1 fully saturated rings. The summed E-state index contributed by atoms with van der Waals surface area (Å²) in [4.78, 5) is 0. The van der Waals surface area contributed by atoms with Gasteiger partial charge in [-0.15, -0.1) is 0 Å². The Morgan fingerprint density at radius 2 is 2.40 bits per heavy atom. The Balaban J connectivity index is 2.39. The summed E-state index contributed by atoms with van der Waals surface area (Å²) in [5.74, 6) is 0.0706. The van der Waals surface area contributed by atoms with Crippen LogP contribution in [-0.2, 0) is 5.41 Å². The van der Waals surface area contributed by atoms with Gasteiger partial charge in [0.1, 0.15) is 0 Å². The fourth-order valence-corrected chi connectivity index (χ4v) is 2.16. The number of aliphatic hydroxyl groups is 1. The van der Waals surface area contributed by atoms with E-state index in [1.807, 2.05) is 25.1 Å². The number of hydrogen-bond acceptors (Lipinski definition) is 2. The standard InChI is InChI=1S/C12H12ClNO/c1-8-2-3-9(4-11(8)13)12(7-14)5-10(12)6-15/h2-4,10,15H,5-6H2,1H3. The molecular formula is C12H12ClNO. The van der Waals surface area contributed by atoms with Crippen LogP contribution in [0.3, 0.4) is 0 Å². The Hall–Kier alpha value is -1.04. The first-order valence-electron chi connectivity index (χ1n) is 4.93. The number of nitriles is 1. The van der Waals surface area contributed by atoms with E-state index in [4.69, 9.17) is 22.0 Å². The summed E-state index contributed by atoms with van der Waals surface area (Å²) >= 11 is 6.02. The van der Waals surface area contributed by atoms with Crippen LogP contribution in [0.2, 0.25) is 5.02 Å². The van der Waals surface area contributed by atoms with Gasteiger partial charge in [0.15, 0.2) is 0 Å². The first-order valence-corrected chi connectivity index (χ1v) is 5.30. The maximum Gasteiger partial charge on any atom is 0.0877 e. The molecule has 1 aliphatic carbocycles. The third-order valence-electron chi connectivity index (χ3n) is 3.21. The molecule has 1 aromatic rings.